The molecule has 0 aliphatic heterocycles. The zero-order valence-corrected chi connectivity index (χ0v) is 10.1. The molecule has 0 atom stereocenters. The molecular formula is C12H15N5O. The van der Waals surface area contributed by atoms with Gasteiger partial charge in [-0.15, -0.1) is 0 Å². The molecule has 1 amide bonds. The van der Waals surface area contributed by atoms with E-state index in [1.165, 1.54) is 6.20 Å². The summed E-state index contributed by atoms with van der Waals surface area (Å²) in [6, 6.07) is 3.70. The molecule has 0 bridgehead atoms. The van der Waals surface area contributed by atoms with E-state index in [1.807, 2.05) is 19.1 Å². The van der Waals surface area contributed by atoms with Gasteiger partial charge in [-0.1, -0.05) is 0 Å². The van der Waals surface area contributed by atoms with Gasteiger partial charge in [0.25, 0.3) is 5.91 Å². The topological polar surface area (TPSA) is 85.8 Å². The summed E-state index contributed by atoms with van der Waals surface area (Å²) in [6.45, 7) is 2.96. The largest absolute Gasteiger partial charge is 0.396 e. The Hall–Kier alpha value is -2.37. The normalized spacial score (nSPS) is 10.3. The van der Waals surface area contributed by atoms with Crippen LogP contribution in [0.1, 0.15) is 23.0 Å². The van der Waals surface area contributed by atoms with Gasteiger partial charge in [0.05, 0.1) is 11.9 Å². The second kappa shape index (κ2) is 5.31. The van der Waals surface area contributed by atoms with E-state index in [0.29, 0.717) is 24.5 Å². The van der Waals surface area contributed by atoms with Crippen molar-refractivity contribution < 1.29 is 4.79 Å². The van der Waals surface area contributed by atoms with Crippen molar-refractivity contribution in [3.8, 4) is 0 Å². The van der Waals surface area contributed by atoms with Gasteiger partial charge in [-0.2, -0.15) is 5.10 Å². The summed E-state index contributed by atoms with van der Waals surface area (Å²) in [6.07, 6.45) is 4.86. The molecule has 0 aliphatic rings. The van der Waals surface area contributed by atoms with Crippen LogP contribution >= 0.6 is 0 Å². The van der Waals surface area contributed by atoms with E-state index in [1.54, 1.807) is 17.1 Å². The van der Waals surface area contributed by atoms with Gasteiger partial charge in [0.2, 0.25) is 0 Å². The van der Waals surface area contributed by atoms with Crippen molar-refractivity contribution in [1.29, 1.82) is 0 Å². The minimum atomic E-state index is -0.219. The molecule has 3 N–H and O–H groups in total. The number of amides is 1. The molecule has 2 aromatic rings. The smallest absolute Gasteiger partial charge is 0.271 e. The fraction of sp³-hybridized carbons (Fsp3) is 0.250. The predicted octanol–water partition coefficient (Wildman–Crippen LogP) is 0.810. The number of nitrogens with two attached hydrogens (primary N) is 1. The molecule has 0 spiro atoms. The van der Waals surface area contributed by atoms with Gasteiger partial charge in [-0.25, -0.2) is 0 Å². The second-order valence-electron chi connectivity index (χ2n) is 3.80. The number of aryl methyl sites for hydroxylation is 1. The number of aromatic nitrogens is 3. The van der Waals surface area contributed by atoms with Crippen molar-refractivity contribution in [2.24, 2.45) is 0 Å². The quantitative estimate of drug-likeness (QED) is 0.834. The molecule has 6 heteroatoms. The summed E-state index contributed by atoms with van der Waals surface area (Å²) in [5.74, 6) is -0.219. The Morgan fingerprint density at radius 3 is 2.83 bits per heavy atom. The van der Waals surface area contributed by atoms with Crippen molar-refractivity contribution in [3.05, 3.63) is 42.0 Å². The van der Waals surface area contributed by atoms with E-state index >= 15 is 0 Å². The van der Waals surface area contributed by atoms with E-state index in [0.717, 1.165) is 5.56 Å². The molecule has 0 aliphatic carbocycles. The summed E-state index contributed by atoms with van der Waals surface area (Å²) >= 11 is 0. The predicted molar refractivity (Wildman–Crippen MR) is 67.7 cm³/mol. The highest BCUT2D eigenvalue weighted by molar-refractivity contribution is 5.97. The lowest BCUT2D eigenvalue weighted by Gasteiger charge is -2.07. The lowest BCUT2D eigenvalue weighted by Crippen LogP contribution is -2.26. The molecule has 0 saturated carbocycles. The zero-order chi connectivity index (χ0) is 13.0. The molecule has 0 unspecified atom stereocenters. The van der Waals surface area contributed by atoms with E-state index in [-0.39, 0.29) is 5.91 Å². The summed E-state index contributed by atoms with van der Waals surface area (Å²) in [4.78, 5) is 15.9. The number of rotatable bonds is 4. The number of hydrogen-bond acceptors (Lipinski definition) is 4. The SMILES string of the molecule is CCn1ncc(N)c1C(=O)NCc1ccncc1. The minimum Gasteiger partial charge on any atom is -0.396 e. The number of nitrogens with zero attached hydrogens (tertiary/aromatic N) is 3. The van der Waals surface area contributed by atoms with Crippen molar-refractivity contribution in [2.45, 2.75) is 20.0 Å². The van der Waals surface area contributed by atoms with E-state index in [4.69, 9.17) is 5.73 Å². The third-order valence-corrected chi connectivity index (χ3v) is 2.58. The minimum absolute atomic E-state index is 0.219. The van der Waals surface area contributed by atoms with Gasteiger partial charge in [0.15, 0.2) is 0 Å². The van der Waals surface area contributed by atoms with E-state index < -0.39 is 0 Å². The van der Waals surface area contributed by atoms with E-state index in [2.05, 4.69) is 15.4 Å². The fourth-order valence-electron chi connectivity index (χ4n) is 1.65. The lowest BCUT2D eigenvalue weighted by molar-refractivity contribution is 0.0941. The summed E-state index contributed by atoms with van der Waals surface area (Å²) in [5.41, 5.74) is 7.52. The molecule has 94 valence electrons. The van der Waals surface area contributed by atoms with Crippen LogP contribution in [-0.2, 0) is 13.1 Å². The highest BCUT2D eigenvalue weighted by atomic mass is 16.2. The summed E-state index contributed by atoms with van der Waals surface area (Å²) < 4.78 is 1.58. The van der Waals surface area contributed by atoms with Crippen molar-refractivity contribution in [2.75, 3.05) is 5.73 Å². The highest BCUT2D eigenvalue weighted by Gasteiger charge is 2.15. The molecule has 0 radical (unpaired) electrons. The Morgan fingerprint density at radius 1 is 1.44 bits per heavy atom. The van der Waals surface area contributed by atoms with Gasteiger partial charge in [0, 0.05) is 25.5 Å². The van der Waals surface area contributed by atoms with Crippen LogP contribution < -0.4 is 11.1 Å². The number of nitrogen functional groups attached to an aromatic ring is 1. The Balaban J connectivity index is 2.06. The first-order valence-electron chi connectivity index (χ1n) is 5.70. The average Bonchev–Trinajstić information content (AvgIpc) is 2.78. The van der Waals surface area contributed by atoms with Crippen LogP contribution in [0.3, 0.4) is 0 Å². The van der Waals surface area contributed by atoms with Crippen LogP contribution in [-0.4, -0.2) is 20.7 Å². The Morgan fingerprint density at radius 2 is 2.17 bits per heavy atom. The van der Waals surface area contributed by atoms with Crippen LogP contribution in [0, 0.1) is 0 Å². The third-order valence-electron chi connectivity index (χ3n) is 2.58. The van der Waals surface area contributed by atoms with Crippen LogP contribution in [0.2, 0.25) is 0 Å². The number of nitrogens with one attached hydrogen (secondary N) is 1. The highest BCUT2D eigenvalue weighted by Crippen LogP contribution is 2.10. The molecule has 6 nitrogen and oxygen atoms in total. The maximum Gasteiger partial charge on any atom is 0.271 e. The Bertz CT molecular complexity index is 535. The maximum atomic E-state index is 12.0. The van der Waals surface area contributed by atoms with Crippen molar-refractivity contribution >= 4 is 11.6 Å². The van der Waals surface area contributed by atoms with E-state index in [9.17, 15) is 4.79 Å². The molecule has 0 fully saturated rings. The van der Waals surface area contributed by atoms with Crippen LogP contribution in [0.25, 0.3) is 0 Å². The molecular weight excluding hydrogens is 230 g/mol. The molecule has 18 heavy (non-hydrogen) atoms. The Labute approximate surface area is 105 Å². The lowest BCUT2D eigenvalue weighted by atomic mass is 10.2. The van der Waals surface area contributed by atoms with Gasteiger partial charge in [-0.3, -0.25) is 14.5 Å². The average molecular weight is 245 g/mol. The van der Waals surface area contributed by atoms with Crippen LogP contribution in [0.5, 0.6) is 0 Å². The number of carbonyl (C=O) groups excluding carboxylic acids is 1. The van der Waals surface area contributed by atoms with Gasteiger partial charge in [-0.05, 0) is 24.6 Å². The zero-order valence-electron chi connectivity index (χ0n) is 10.1. The first kappa shape index (κ1) is 12.1. The molecule has 2 heterocycles. The number of hydrogen-bond donors (Lipinski definition) is 2. The fourth-order valence-corrected chi connectivity index (χ4v) is 1.65. The molecule has 2 rings (SSSR count). The van der Waals surface area contributed by atoms with Crippen LogP contribution in [0.4, 0.5) is 5.69 Å². The van der Waals surface area contributed by atoms with Crippen molar-refractivity contribution in [3.63, 3.8) is 0 Å². The Kier molecular flexibility index (Phi) is 3.57. The summed E-state index contributed by atoms with van der Waals surface area (Å²) in [7, 11) is 0. The number of anilines is 1. The van der Waals surface area contributed by atoms with Gasteiger partial charge >= 0.3 is 0 Å². The molecule has 2 aromatic heterocycles. The van der Waals surface area contributed by atoms with Crippen LogP contribution in [0.15, 0.2) is 30.7 Å². The molecule has 0 aromatic carbocycles. The first-order valence-corrected chi connectivity index (χ1v) is 5.70. The number of carbonyl (C=O) groups is 1. The maximum absolute atomic E-state index is 12.0. The van der Waals surface area contributed by atoms with Gasteiger partial charge in [0.1, 0.15) is 5.69 Å². The third kappa shape index (κ3) is 2.48. The van der Waals surface area contributed by atoms with Crippen molar-refractivity contribution in [1.82, 2.24) is 20.1 Å². The number of pyridine rings is 1. The summed E-state index contributed by atoms with van der Waals surface area (Å²) in [5, 5.41) is 6.84. The monoisotopic (exact) mass is 245 g/mol. The van der Waals surface area contributed by atoms with Gasteiger partial charge < -0.3 is 11.1 Å². The second-order valence-corrected chi connectivity index (χ2v) is 3.80. The first-order chi connectivity index (χ1) is 8.72. The standard InChI is InChI=1S/C12H15N5O/c1-2-17-11(10(13)8-16-17)12(18)15-7-9-3-5-14-6-4-9/h3-6,8H,2,7,13H2,1H3,(H,15,18). The molecule has 0 saturated heterocycles.